The molecule has 116 valence electrons. The third kappa shape index (κ3) is 3.22. The van der Waals surface area contributed by atoms with Gasteiger partial charge in [0.15, 0.2) is 0 Å². The number of ether oxygens (including phenoxy) is 1. The van der Waals surface area contributed by atoms with Crippen molar-refractivity contribution in [3.05, 3.63) is 0 Å². The maximum absolute atomic E-state index is 6.56. The van der Waals surface area contributed by atoms with Crippen LogP contribution in [0.2, 0.25) is 0 Å². The molecule has 0 aromatic carbocycles. The quantitative estimate of drug-likeness (QED) is 0.822. The third-order valence-electron chi connectivity index (χ3n) is 6.36. The second kappa shape index (κ2) is 6.36. The molecular weight excluding hydrogens is 246 g/mol. The molecule has 0 aromatic heterocycles. The van der Waals surface area contributed by atoms with E-state index in [4.69, 9.17) is 10.5 Å². The van der Waals surface area contributed by atoms with E-state index >= 15 is 0 Å². The van der Waals surface area contributed by atoms with Crippen molar-refractivity contribution >= 4 is 0 Å². The molecule has 1 heterocycles. The second-order valence-electron chi connectivity index (χ2n) is 7.84. The van der Waals surface area contributed by atoms with Crippen molar-refractivity contribution in [2.45, 2.75) is 102 Å². The lowest BCUT2D eigenvalue weighted by Gasteiger charge is -2.37. The van der Waals surface area contributed by atoms with E-state index in [0.717, 1.165) is 6.54 Å². The molecule has 0 bridgehead atoms. The molecule has 1 atom stereocenters. The molecule has 3 aliphatic rings. The highest BCUT2D eigenvalue weighted by Crippen LogP contribution is 2.47. The van der Waals surface area contributed by atoms with Gasteiger partial charge in [0, 0.05) is 0 Å². The minimum absolute atomic E-state index is 0.294. The van der Waals surface area contributed by atoms with Crippen LogP contribution in [-0.2, 0) is 4.74 Å². The number of nitrogens with two attached hydrogens (primary N) is 1. The van der Waals surface area contributed by atoms with Crippen LogP contribution in [0.3, 0.4) is 0 Å². The Bertz CT molecular complexity index is 301. The van der Waals surface area contributed by atoms with Crippen LogP contribution in [0, 0.1) is 5.41 Å². The summed E-state index contributed by atoms with van der Waals surface area (Å²) in [6, 6.07) is 0. The van der Waals surface area contributed by atoms with Gasteiger partial charge in [-0.2, -0.15) is 0 Å². The summed E-state index contributed by atoms with van der Waals surface area (Å²) >= 11 is 0. The van der Waals surface area contributed by atoms with Gasteiger partial charge in [-0.05, 0) is 56.9 Å². The zero-order valence-electron chi connectivity index (χ0n) is 13.2. The first kappa shape index (κ1) is 14.8. The monoisotopic (exact) mass is 279 g/mol. The van der Waals surface area contributed by atoms with Crippen molar-refractivity contribution in [1.29, 1.82) is 0 Å². The minimum atomic E-state index is 0.294. The molecule has 0 aromatic rings. The SMILES string of the molecule is NCC1(CC2CCC3(CCCC3)O2)CCCCCCC1. The van der Waals surface area contributed by atoms with E-state index in [0.29, 0.717) is 17.1 Å². The average Bonchev–Trinajstić information content (AvgIpc) is 3.04. The Morgan fingerprint density at radius 3 is 2.05 bits per heavy atom. The molecule has 2 nitrogen and oxygen atoms in total. The normalized spacial score (nSPS) is 33.1. The molecule has 1 unspecified atom stereocenters. The molecule has 2 saturated carbocycles. The van der Waals surface area contributed by atoms with Gasteiger partial charge in [0.2, 0.25) is 0 Å². The Kier molecular flexibility index (Phi) is 4.72. The lowest BCUT2D eigenvalue weighted by atomic mass is 9.72. The topological polar surface area (TPSA) is 35.2 Å². The molecule has 1 aliphatic heterocycles. The second-order valence-corrected chi connectivity index (χ2v) is 7.84. The Labute approximate surface area is 124 Å². The Balaban J connectivity index is 1.59. The van der Waals surface area contributed by atoms with E-state index in [1.807, 2.05) is 0 Å². The summed E-state index contributed by atoms with van der Waals surface area (Å²) in [5.74, 6) is 0. The summed E-state index contributed by atoms with van der Waals surface area (Å²) < 4.78 is 6.56. The van der Waals surface area contributed by atoms with Crippen LogP contribution in [0.15, 0.2) is 0 Å². The standard InChI is InChI=1S/C18H33NO/c19-15-17(9-4-2-1-3-5-10-17)14-16-8-13-18(20-16)11-6-7-12-18/h16H,1-15,19H2. The lowest BCUT2D eigenvalue weighted by Crippen LogP contribution is -2.36. The van der Waals surface area contributed by atoms with Crippen LogP contribution in [0.1, 0.15) is 89.9 Å². The predicted molar refractivity (Wildman–Crippen MR) is 83.7 cm³/mol. The van der Waals surface area contributed by atoms with Crippen molar-refractivity contribution in [3.63, 3.8) is 0 Å². The molecule has 3 fully saturated rings. The molecule has 2 aliphatic carbocycles. The number of hydrogen-bond acceptors (Lipinski definition) is 2. The van der Waals surface area contributed by atoms with E-state index < -0.39 is 0 Å². The minimum Gasteiger partial charge on any atom is -0.372 e. The molecule has 3 rings (SSSR count). The fourth-order valence-electron chi connectivity index (χ4n) is 5.06. The first-order chi connectivity index (χ1) is 9.76. The maximum Gasteiger partial charge on any atom is 0.0687 e. The van der Waals surface area contributed by atoms with Crippen LogP contribution in [0.4, 0.5) is 0 Å². The van der Waals surface area contributed by atoms with Gasteiger partial charge >= 0.3 is 0 Å². The van der Waals surface area contributed by atoms with E-state index in [2.05, 4.69) is 0 Å². The van der Waals surface area contributed by atoms with Crippen molar-refractivity contribution in [1.82, 2.24) is 0 Å². The summed E-state index contributed by atoms with van der Waals surface area (Å²) in [5, 5.41) is 0. The third-order valence-corrected chi connectivity index (χ3v) is 6.36. The smallest absolute Gasteiger partial charge is 0.0687 e. The molecule has 1 saturated heterocycles. The van der Waals surface area contributed by atoms with Crippen LogP contribution in [-0.4, -0.2) is 18.2 Å². The molecule has 2 heteroatoms. The van der Waals surface area contributed by atoms with Gasteiger partial charge in [-0.25, -0.2) is 0 Å². The van der Waals surface area contributed by atoms with Crippen LogP contribution < -0.4 is 5.73 Å². The predicted octanol–water partition coefficient (Wildman–Crippen LogP) is 4.56. The van der Waals surface area contributed by atoms with E-state index in [-0.39, 0.29) is 0 Å². The Morgan fingerprint density at radius 2 is 1.40 bits per heavy atom. The van der Waals surface area contributed by atoms with Crippen LogP contribution >= 0.6 is 0 Å². The van der Waals surface area contributed by atoms with Crippen molar-refractivity contribution in [3.8, 4) is 0 Å². The maximum atomic E-state index is 6.56. The summed E-state index contributed by atoms with van der Waals surface area (Å²) in [6.45, 7) is 0.875. The summed E-state index contributed by atoms with van der Waals surface area (Å²) in [7, 11) is 0. The van der Waals surface area contributed by atoms with Gasteiger partial charge in [-0.15, -0.1) is 0 Å². The molecule has 1 spiro atoms. The first-order valence-corrected chi connectivity index (χ1v) is 9.14. The molecular formula is C18H33NO. The highest BCUT2D eigenvalue weighted by molar-refractivity contribution is 4.95. The van der Waals surface area contributed by atoms with E-state index in [1.54, 1.807) is 0 Å². The van der Waals surface area contributed by atoms with E-state index in [9.17, 15) is 0 Å². The highest BCUT2D eigenvalue weighted by atomic mass is 16.5. The average molecular weight is 279 g/mol. The fraction of sp³-hybridized carbons (Fsp3) is 1.00. The summed E-state index contributed by atoms with van der Waals surface area (Å²) in [5.41, 5.74) is 6.92. The molecule has 0 amide bonds. The lowest BCUT2D eigenvalue weighted by molar-refractivity contribution is -0.0554. The zero-order valence-corrected chi connectivity index (χ0v) is 13.2. The van der Waals surface area contributed by atoms with Gasteiger partial charge < -0.3 is 10.5 Å². The molecule has 20 heavy (non-hydrogen) atoms. The van der Waals surface area contributed by atoms with Gasteiger partial charge in [0.1, 0.15) is 0 Å². The van der Waals surface area contributed by atoms with Gasteiger partial charge in [-0.1, -0.05) is 44.9 Å². The van der Waals surface area contributed by atoms with Gasteiger partial charge in [0.25, 0.3) is 0 Å². The zero-order chi connectivity index (χ0) is 13.9. The number of rotatable bonds is 3. The largest absolute Gasteiger partial charge is 0.372 e. The van der Waals surface area contributed by atoms with Gasteiger partial charge in [-0.3, -0.25) is 0 Å². The van der Waals surface area contributed by atoms with Crippen molar-refractivity contribution < 1.29 is 4.74 Å². The summed E-state index contributed by atoms with van der Waals surface area (Å²) in [4.78, 5) is 0. The summed E-state index contributed by atoms with van der Waals surface area (Å²) in [6.07, 6.45) is 19.5. The van der Waals surface area contributed by atoms with Crippen LogP contribution in [0.25, 0.3) is 0 Å². The van der Waals surface area contributed by atoms with Gasteiger partial charge in [0.05, 0.1) is 11.7 Å². The van der Waals surface area contributed by atoms with Crippen LogP contribution in [0.5, 0.6) is 0 Å². The molecule has 0 radical (unpaired) electrons. The molecule has 2 N–H and O–H groups in total. The van der Waals surface area contributed by atoms with Crippen molar-refractivity contribution in [2.24, 2.45) is 11.1 Å². The fourth-order valence-corrected chi connectivity index (χ4v) is 5.06. The first-order valence-electron chi connectivity index (χ1n) is 9.14. The van der Waals surface area contributed by atoms with Crippen molar-refractivity contribution in [2.75, 3.05) is 6.54 Å². The number of hydrogen-bond donors (Lipinski definition) is 1. The Hall–Kier alpha value is -0.0800. The Morgan fingerprint density at radius 1 is 0.800 bits per heavy atom. The van der Waals surface area contributed by atoms with E-state index in [1.165, 1.54) is 89.9 Å². The highest BCUT2D eigenvalue weighted by Gasteiger charge is 2.44.